The fourth-order valence-corrected chi connectivity index (χ4v) is 2.04. The molecule has 3 nitrogen and oxygen atoms in total. The molecule has 0 unspecified atom stereocenters. The normalized spacial score (nSPS) is 10.3. The molecule has 0 heterocycles. The van der Waals surface area contributed by atoms with Gasteiger partial charge in [0.05, 0.1) is 10.7 Å². The van der Waals surface area contributed by atoms with Crippen LogP contribution >= 0.6 is 23.2 Å². The van der Waals surface area contributed by atoms with Crippen molar-refractivity contribution in [3.05, 3.63) is 57.6 Å². The molecule has 98 valence electrons. The van der Waals surface area contributed by atoms with E-state index < -0.39 is 0 Å². The number of nitrogens with two attached hydrogens (primary N) is 1. The summed E-state index contributed by atoms with van der Waals surface area (Å²) in [5.74, 6) is -0.243. The smallest absolute Gasteiger partial charge is 0.255 e. The first-order valence-electron chi connectivity index (χ1n) is 5.60. The molecular weight excluding hydrogens is 283 g/mol. The Hall–Kier alpha value is -1.71. The molecule has 0 saturated heterocycles. The lowest BCUT2D eigenvalue weighted by atomic mass is 10.1. The van der Waals surface area contributed by atoms with Gasteiger partial charge in [-0.2, -0.15) is 0 Å². The number of carbonyl (C=O) groups is 1. The zero-order chi connectivity index (χ0) is 14.0. The summed E-state index contributed by atoms with van der Waals surface area (Å²) in [6.45, 7) is 1.87. The van der Waals surface area contributed by atoms with Crippen LogP contribution in [0, 0.1) is 6.92 Å². The van der Waals surface area contributed by atoms with Crippen molar-refractivity contribution in [1.82, 2.24) is 0 Å². The second-order valence-corrected chi connectivity index (χ2v) is 4.99. The number of amides is 1. The monoisotopic (exact) mass is 294 g/mol. The summed E-state index contributed by atoms with van der Waals surface area (Å²) >= 11 is 11.8. The Morgan fingerprint density at radius 2 is 1.89 bits per heavy atom. The summed E-state index contributed by atoms with van der Waals surface area (Å²) in [6.07, 6.45) is 0. The number of anilines is 2. The largest absolute Gasteiger partial charge is 0.398 e. The highest BCUT2D eigenvalue weighted by molar-refractivity contribution is 6.33. The lowest BCUT2D eigenvalue weighted by Crippen LogP contribution is -2.12. The Morgan fingerprint density at radius 1 is 1.16 bits per heavy atom. The van der Waals surface area contributed by atoms with Gasteiger partial charge in [-0.1, -0.05) is 23.2 Å². The summed E-state index contributed by atoms with van der Waals surface area (Å²) in [6, 6.07) is 10.0. The highest BCUT2D eigenvalue weighted by Crippen LogP contribution is 2.22. The molecule has 0 radical (unpaired) electrons. The molecule has 0 spiro atoms. The molecule has 5 heteroatoms. The minimum absolute atomic E-state index is 0.243. The molecule has 2 rings (SSSR count). The Bertz CT molecular complexity index is 641. The first kappa shape index (κ1) is 13.7. The fourth-order valence-electron chi connectivity index (χ4n) is 1.63. The van der Waals surface area contributed by atoms with Gasteiger partial charge >= 0.3 is 0 Å². The van der Waals surface area contributed by atoms with Gasteiger partial charge in [-0.05, 0) is 48.9 Å². The number of aryl methyl sites for hydroxylation is 1. The molecule has 0 aromatic heterocycles. The van der Waals surface area contributed by atoms with Crippen molar-refractivity contribution in [1.29, 1.82) is 0 Å². The minimum atomic E-state index is -0.243. The number of halogens is 2. The maximum absolute atomic E-state index is 12.1. The topological polar surface area (TPSA) is 55.1 Å². The van der Waals surface area contributed by atoms with Crippen LogP contribution in [-0.2, 0) is 0 Å². The Morgan fingerprint density at radius 3 is 2.53 bits per heavy atom. The highest BCUT2D eigenvalue weighted by atomic mass is 35.5. The van der Waals surface area contributed by atoms with Crippen LogP contribution in [0.15, 0.2) is 36.4 Å². The zero-order valence-electron chi connectivity index (χ0n) is 10.2. The maximum Gasteiger partial charge on any atom is 0.255 e. The average Bonchev–Trinajstić information content (AvgIpc) is 2.36. The van der Waals surface area contributed by atoms with Crippen LogP contribution in [0.3, 0.4) is 0 Å². The molecule has 0 fully saturated rings. The van der Waals surface area contributed by atoms with Gasteiger partial charge in [-0.15, -0.1) is 0 Å². The maximum atomic E-state index is 12.1. The number of carbonyl (C=O) groups excluding carboxylic acids is 1. The van der Waals surface area contributed by atoms with Crippen LogP contribution in [0.4, 0.5) is 11.4 Å². The van der Waals surface area contributed by atoms with Crippen molar-refractivity contribution >= 4 is 40.5 Å². The van der Waals surface area contributed by atoms with E-state index in [1.165, 1.54) is 6.07 Å². The lowest BCUT2D eigenvalue weighted by Gasteiger charge is -2.09. The van der Waals surface area contributed by atoms with Crippen molar-refractivity contribution in [2.24, 2.45) is 0 Å². The van der Waals surface area contributed by atoms with Crippen molar-refractivity contribution < 1.29 is 4.79 Å². The van der Waals surface area contributed by atoms with Gasteiger partial charge in [0.25, 0.3) is 5.91 Å². The SMILES string of the molecule is Cc1cc(Cl)ccc1NC(=O)c1ccc(N)c(Cl)c1. The molecule has 0 bridgehead atoms. The van der Waals surface area contributed by atoms with Crippen LogP contribution in [0.5, 0.6) is 0 Å². The number of hydrogen-bond donors (Lipinski definition) is 2. The van der Waals surface area contributed by atoms with E-state index in [-0.39, 0.29) is 5.91 Å². The second-order valence-electron chi connectivity index (χ2n) is 4.15. The summed E-state index contributed by atoms with van der Waals surface area (Å²) in [5, 5.41) is 3.80. The van der Waals surface area contributed by atoms with E-state index in [0.29, 0.717) is 27.0 Å². The van der Waals surface area contributed by atoms with Gasteiger partial charge in [-0.3, -0.25) is 4.79 Å². The van der Waals surface area contributed by atoms with Gasteiger partial charge in [0, 0.05) is 16.3 Å². The van der Waals surface area contributed by atoms with Crippen molar-refractivity contribution in [3.63, 3.8) is 0 Å². The molecular formula is C14H12Cl2N2O. The lowest BCUT2D eigenvalue weighted by molar-refractivity contribution is 0.102. The Labute approximate surface area is 121 Å². The number of nitrogen functional groups attached to an aromatic ring is 1. The Kier molecular flexibility index (Phi) is 3.98. The van der Waals surface area contributed by atoms with Crippen LogP contribution in [-0.4, -0.2) is 5.91 Å². The summed E-state index contributed by atoms with van der Waals surface area (Å²) in [7, 11) is 0. The predicted octanol–water partition coefficient (Wildman–Crippen LogP) is 4.14. The molecule has 0 aliphatic rings. The molecule has 19 heavy (non-hydrogen) atoms. The minimum Gasteiger partial charge on any atom is -0.398 e. The summed E-state index contributed by atoms with van der Waals surface area (Å²) in [5.41, 5.74) is 8.10. The molecule has 3 N–H and O–H groups in total. The van der Waals surface area contributed by atoms with Crippen molar-refractivity contribution in [2.45, 2.75) is 6.92 Å². The van der Waals surface area contributed by atoms with Gasteiger partial charge in [0.1, 0.15) is 0 Å². The number of nitrogens with one attached hydrogen (secondary N) is 1. The second kappa shape index (κ2) is 5.51. The van der Waals surface area contributed by atoms with Crippen molar-refractivity contribution in [3.8, 4) is 0 Å². The molecule has 2 aromatic rings. The summed E-state index contributed by atoms with van der Waals surface area (Å²) < 4.78 is 0. The third-order valence-electron chi connectivity index (χ3n) is 2.70. The van der Waals surface area contributed by atoms with E-state index in [4.69, 9.17) is 28.9 Å². The Balaban J connectivity index is 2.23. The fraction of sp³-hybridized carbons (Fsp3) is 0.0714. The molecule has 0 saturated carbocycles. The van der Waals surface area contributed by atoms with E-state index in [0.717, 1.165) is 5.56 Å². The third-order valence-corrected chi connectivity index (χ3v) is 3.26. The predicted molar refractivity (Wildman–Crippen MR) is 80.0 cm³/mol. The average molecular weight is 295 g/mol. The first-order chi connectivity index (χ1) is 8.97. The molecule has 0 aliphatic carbocycles. The van der Waals surface area contributed by atoms with Gasteiger partial charge in [0.15, 0.2) is 0 Å². The number of hydrogen-bond acceptors (Lipinski definition) is 2. The molecule has 0 aliphatic heterocycles. The number of benzene rings is 2. The van der Waals surface area contributed by atoms with E-state index in [1.54, 1.807) is 30.3 Å². The molecule has 0 atom stereocenters. The molecule has 1 amide bonds. The van der Waals surface area contributed by atoms with Crippen LogP contribution in [0.1, 0.15) is 15.9 Å². The third kappa shape index (κ3) is 3.19. The van der Waals surface area contributed by atoms with Crippen LogP contribution in [0.25, 0.3) is 0 Å². The van der Waals surface area contributed by atoms with E-state index >= 15 is 0 Å². The van der Waals surface area contributed by atoms with Gasteiger partial charge in [0.2, 0.25) is 0 Å². The summed E-state index contributed by atoms with van der Waals surface area (Å²) in [4.78, 5) is 12.1. The van der Waals surface area contributed by atoms with Crippen molar-refractivity contribution in [2.75, 3.05) is 11.1 Å². The quantitative estimate of drug-likeness (QED) is 0.818. The van der Waals surface area contributed by atoms with E-state index in [2.05, 4.69) is 5.32 Å². The van der Waals surface area contributed by atoms with Gasteiger partial charge in [-0.25, -0.2) is 0 Å². The van der Waals surface area contributed by atoms with Crippen LogP contribution < -0.4 is 11.1 Å². The standard InChI is InChI=1S/C14H12Cl2N2O/c1-8-6-10(15)3-5-13(8)18-14(19)9-2-4-12(17)11(16)7-9/h2-7H,17H2,1H3,(H,18,19). The molecule has 2 aromatic carbocycles. The first-order valence-corrected chi connectivity index (χ1v) is 6.35. The highest BCUT2D eigenvalue weighted by Gasteiger charge is 2.09. The van der Waals surface area contributed by atoms with E-state index in [1.807, 2.05) is 6.92 Å². The van der Waals surface area contributed by atoms with Gasteiger partial charge < -0.3 is 11.1 Å². The number of rotatable bonds is 2. The zero-order valence-corrected chi connectivity index (χ0v) is 11.7. The van der Waals surface area contributed by atoms with Crippen LogP contribution in [0.2, 0.25) is 10.0 Å². The van der Waals surface area contributed by atoms with E-state index in [9.17, 15) is 4.79 Å².